The lowest BCUT2D eigenvalue weighted by Crippen LogP contribution is -2.09. The van der Waals surface area contributed by atoms with E-state index in [1.54, 1.807) is 0 Å². The number of rotatable bonds is 5. The summed E-state index contributed by atoms with van der Waals surface area (Å²) in [5.41, 5.74) is 6.44. The minimum absolute atomic E-state index is 0.303. The highest BCUT2D eigenvalue weighted by Gasteiger charge is 2.23. The van der Waals surface area contributed by atoms with Crippen LogP contribution in [0, 0.1) is 0 Å². The zero-order valence-electron chi connectivity index (χ0n) is 16.3. The first kappa shape index (κ1) is 18.7. The van der Waals surface area contributed by atoms with E-state index >= 15 is 0 Å². The minimum atomic E-state index is -0.303. The second-order valence-corrected chi connectivity index (χ2v) is 6.73. The Kier molecular flexibility index (Phi) is 5.53. The molecule has 0 fully saturated rings. The normalized spacial score (nSPS) is 10.5. The molecule has 4 aromatic carbocycles. The molecule has 2 nitrogen and oxygen atoms in total. The Morgan fingerprint density at radius 1 is 0.621 bits per heavy atom. The van der Waals surface area contributed by atoms with Gasteiger partial charge in [-0.15, -0.1) is 0 Å². The maximum Gasteiger partial charge on any atom is 0.339 e. The molecular weight excluding hydrogens is 356 g/mol. The van der Waals surface area contributed by atoms with E-state index in [1.165, 1.54) is 0 Å². The van der Waals surface area contributed by atoms with Crippen molar-refractivity contribution in [2.45, 2.75) is 6.92 Å². The summed E-state index contributed by atoms with van der Waals surface area (Å²) in [6, 6.07) is 34.3. The SMILES string of the molecule is CCOC(=O)c1c(-c2ccccc2)ccc(-c2ccccc2)c1-c1ccccc1. The Morgan fingerprint density at radius 2 is 1.07 bits per heavy atom. The van der Waals surface area contributed by atoms with Crippen LogP contribution in [0.5, 0.6) is 0 Å². The number of hydrogen-bond acceptors (Lipinski definition) is 2. The summed E-state index contributed by atoms with van der Waals surface area (Å²) < 4.78 is 5.50. The van der Waals surface area contributed by atoms with E-state index in [2.05, 4.69) is 18.2 Å². The molecule has 0 heterocycles. The van der Waals surface area contributed by atoms with Crippen molar-refractivity contribution in [2.24, 2.45) is 0 Å². The van der Waals surface area contributed by atoms with E-state index in [0.717, 1.165) is 33.4 Å². The lowest BCUT2D eigenvalue weighted by atomic mass is 9.86. The van der Waals surface area contributed by atoms with Crippen LogP contribution in [0.15, 0.2) is 103 Å². The van der Waals surface area contributed by atoms with E-state index in [0.29, 0.717) is 12.2 Å². The fraction of sp³-hybridized carbons (Fsp3) is 0.0741. The minimum Gasteiger partial charge on any atom is -0.462 e. The lowest BCUT2D eigenvalue weighted by Gasteiger charge is -2.19. The molecule has 0 spiro atoms. The molecule has 142 valence electrons. The second kappa shape index (κ2) is 8.57. The molecule has 0 amide bonds. The van der Waals surface area contributed by atoms with E-state index in [9.17, 15) is 4.79 Å². The summed E-state index contributed by atoms with van der Waals surface area (Å²) in [6.45, 7) is 2.17. The van der Waals surface area contributed by atoms with Crippen molar-refractivity contribution in [3.63, 3.8) is 0 Å². The number of carbonyl (C=O) groups excluding carboxylic acids is 1. The van der Waals surface area contributed by atoms with Gasteiger partial charge in [0.15, 0.2) is 0 Å². The van der Waals surface area contributed by atoms with Crippen molar-refractivity contribution in [3.05, 3.63) is 109 Å². The van der Waals surface area contributed by atoms with Crippen LogP contribution in [0.4, 0.5) is 0 Å². The predicted octanol–water partition coefficient (Wildman–Crippen LogP) is 6.86. The number of carbonyl (C=O) groups is 1. The van der Waals surface area contributed by atoms with Crippen LogP contribution < -0.4 is 0 Å². The van der Waals surface area contributed by atoms with Crippen LogP contribution in [-0.4, -0.2) is 12.6 Å². The fourth-order valence-corrected chi connectivity index (χ4v) is 3.64. The zero-order valence-corrected chi connectivity index (χ0v) is 16.3. The zero-order chi connectivity index (χ0) is 20.1. The molecule has 4 rings (SSSR count). The Balaban J connectivity index is 2.07. The Morgan fingerprint density at radius 3 is 1.59 bits per heavy atom. The number of ether oxygens (including phenoxy) is 1. The first-order chi connectivity index (χ1) is 14.3. The van der Waals surface area contributed by atoms with Crippen molar-refractivity contribution >= 4 is 5.97 Å². The summed E-state index contributed by atoms with van der Waals surface area (Å²) in [4.78, 5) is 13.2. The standard InChI is InChI=1S/C27H22O2/c1-2-29-27(28)26-24(21-14-8-4-9-15-21)19-18-23(20-12-6-3-7-13-20)25(26)22-16-10-5-11-17-22/h3-19H,2H2,1H3. The third-order valence-corrected chi connectivity index (χ3v) is 4.92. The van der Waals surface area contributed by atoms with Gasteiger partial charge in [0.25, 0.3) is 0 Å². The van der Waals surface area contributed by atoms with Gasteiger partial charge in [-0.05, 0) is 34.7 Å². The van der Waals surface area contributed by atoms with Crippen molar-refractivity contribution < 1.29 is 9.53 Å². The summed E-state index contributed by atoms with van der Waals surface area (Å²) in [5.74, 6) is -0.303. The molecule has 0 unspecified atom stereocenters. The van der Waals surface area contributed by atoms with E-state index in [4.69, 9.17) is 4.74 Å². The van der Waals surface area contributed by atoms with Crippen molar-refractivity contribution in [1.82, 2.24) is 0 Å². The Hall–Kier alpha value is -3.65. The molecule has 0 saturated carbocycles. The van der Waals surface area contributed by atoms with Crippen LogP contribution >= 0.6 is 0 Å². The Bertz CT molecular complexity index is 1100. The first-order valence-electron chi connectivity index (χ1n) is 9.80. The van der Waals surface area contributed by atoms with E-state index < -0.39 is 0 Å². The van der Waals surface area contributed by atoms with Gasteiger partial charge in [0.05, 0.1) is 12.2 Å². The smallest absolute Gasteiger partial charge is 0.339 e. The molecule has 2 heteroatoms. The van der Waals surface area contributed by atoms with Crippen LogP contribution in [-0.2, 0) is 4.74 Å². The number of esters is 1. The highest BCUT2D eigenvalue weighted by Crippen LogP contribution is 2.40. The van der Waals surface area contributed by atoms with Crippen LogP contribution in [0.2, 0.25) is 0 Å². The van der Waals surface area contributed by atoms with E-state index in [-0.39, 0.29) is 5.97 Å². The molecule has 0 aliphatic rings. The average Bonchev–Trinajstić information content (AvgIpc) is 2.80. The molecule has 29 heavy (non-hydrogen) atoms. The maximum absolute atomic E-state index is 13.2. The quantitative estimate of drug-likeness (QED) is 0.354. The van der Waals surface area contributed by atoms with Gasteiger partial charge in [-0.25, -0.2) is 4.79 Å². The molecular formula is C27H22O2. The van der Waals surface area contributed by atoms with Gasteiger partial charge in [-0.1, -0.05) is 103 Å². The van der Waals surface area contributed by atoms with Gasteiger partial charge in [0.2, 0.25) is 0 Å². The van der Waals surface area contributed by atoms with Crippen molar-refractivity contribution in [1.29, 1.82) is 0 Å². The average molecular weight is 378 g/mol. The molecule has 0 aliphatic heterocycles. The highest BCUT2D eigenvalue weighted by atomic mass is 16.5. The Labute approximate surface area is 171 Å². The predicted molar refractivity (Wildman–Crippen MR) is 119 cm³/mol. The summed E-state index contributed by atoms with van der Waals surface area (Å²) in [5, 5.41) is 0. The topological polar surface area (TPSA) is 26.3 Å². The van der Waals surface area contributed by atoms with Gasteiger partial charge >= 0.3 is 5.97 Å². The van der Waals surface area contributed by atoms with Crippen molar-refractivity contribution in [3.8, 4) is 33.4 Å². The largest absolute Gasteiger partial charge is 0.462 e. The monoisotopic (exact) mass is 378 g/mol. The lowest BCUT2D eigenvalue weighted by molar-refractivity contribution is 0.0528. The number of hydrogen-bond donors (Lipinski definition) is 0. The molecule has 4 aromatic rings. The molecule has 0 atom stereocenters. The highest BCUT2D eigenvalue weighted by molar-refractivity contribution is 6.08. The molecule has 0 aliphatic carbocycles. The molecule has 0 N–H and O–H groups in total. The van der Waals surface area contributed by atoms with Gasteiger partial charge < -0.3 is 4.74 Å². The third-order valence-electron chi connectivity index (χ3n) is 4.92. The number of benzene rings is 4. The van der Waals surface area contributed by atoms with Crippen molar-refractivity contribution in [2.75, 3.05) is 6.61 Å². The van der Waals surface area contributed by atoms with Gasteiger partial charge in [0, 0.05) is 5.56 Å². The molecule has 0 saturated heterocycles. The molecule has 0 bridgehead atoms. The summed E-state index contributed by atoms with van der Waals surface area (Å²) in [7, 11) is 0. The second-order valence-electron chi connectivity index (χ2n) is 6.73. The van der Waals surface area contributed by atoms with Crippen LogP contribution in [0.3, 0.4) is 0 Å². The fourth-order valence-electron chi connectivity index (χ4n) is 3.64. The van der Waals surface area contributed by atoms with Crippen LogP contribution in [0.25, 0.3) is 33.4 Å². The maximum atomic E-state index is 13.2. The summed E-state index contributed by atoms with van der Waals surface area (Å²) in [6.07, 6.45) is 0. The van der Waals surface area contributed by atoms with Gasteiger partial charge in [0.1, 0.15) is 0 Å². The summed E-state index contributed by atoms with van der Waals surface area (Å²) >= 11 is 0. The van der Waals surface area contributed by atoms with E-state index in [1.807, 2.05) is 91.9 Å². The molecule has 0 radical (unpaired) electrons. The van der Waals surface area contributed by atoms with Gasteiger partial charge in [-0.2, -0.15) is 0 Å². The third kappa shape index (κ3) is 3.83. The molecule has 0 aromatic heterocycles. The first-order valence-corrected chi connectivity index (χ1v) is 9.80. The van der Waals surface area contributed by atoms with Gasteiger partial charge in [-0.3, -0.25) is 0 Å². The van der Waals surface area contributed by atoms with Crippen LogP contribution in [0.1, 0.15) is 17.3 Å².